The maximum absolute atomic E-state index is 10.9. The van der Waals surface area contributed by atoms with Gasteiger partial charge in [0.1, 0.15) is 17.4 Å². The number of benzene rings is 1. The number of nitro groups is 1. The van der Waals surface area contributed by atoms with Gasteiger partial charge in [-0.25, -0.2) is 10.8 Å². The van der Waals surface area contributed by atoms with Crippen molar-refractivity contribution in [3.05, 3.63) is 46.0 Å². The Morgan fingerprint density at radius 1 is 1.29 bits per heavy atom. The first kappa shape index (κ1) is 14.5. The van der Waals surface area contributed by atoms with Crippen LogP contribution >= 0.6 is 0 Å². The van der Waals surface area contributed by atoms with Gasteiger partial charge in [-0.3, -0.25) is 10.1 Å². The Morgan fingerprint density at radius 2 is 2.00 bits per heavy atom. The van der Waals surface area contributed by atoms with Crippen LogP contribution in [0.4, 0.5) is 23.0 Å². The van der Waals surface area contributed by atoms with E-state index >= 15 is 0 Å². The lowest BCUT2D eigenvalue weighted by molar-refractivity contribution is -0.384. The van der Waals surface area contributed by atoms with E-state index in [2.05, 4.69) is 15.7 Å². The van der Waals surface area contributed by atoms with Crippen LogP contribution in [0, 0.1) is 17.0 Å². The van der Waals surface area contributed by atoms with Crippen molar-refractivity contribution >= 4 is 23.0 Å². The lowest BCUT2D eigenvalue weighted by Crippen LogP contribution is -2.10. The van der Waals surface area contributed by atoms with Gasteiger partial charge >= 0.3 is 0 Å². The molecule has 1 aromatic carbocycles. The highest BCUT2D eigenvalue weighted by Crippen LogP contribution is 2.29. The molecule has 1 aromatic heterocycles. The van der Waals surface area contributed by atoms with Gasteiger partial charge in [0, 0.05) is 0 Å². The molecule has 2 aromatic rings. The van der Waals surface area contributed by atoms with Crippen molar-refractivity contribution in [2.24, 2.45) is 5.84 Å². The molecule has 8 nitrogen and oxygen atoms in total. The fourth-order valence-electron chi connectivity index (χ4n) is 1.82. The van der Waals surface area contributed by atoms with Gasteiger partial charge in [-0.05, 0) is 24.6 Å². The summed E-state index contributed by atoms with van der Waals surface area (Å²) in [7, 11) is 1.55. The van der Waals surface area contributed by atoms with Crippen molar-refractivity contribution in [3.8, 4) is 5.75 Å². The maximum atomic E-state index is 10.9. The molecule has 0 aliphatic heterocycles. The van der Waals surface area contributed by atoms with E-state index < -0.39 is 4.92 Å². The molecule has 0 bridgehead atoms. The molecule has 1 heterocycles. The Hall–Kier alpha value is -2.87. The normalized spacial score (nSPS) is 10.0. The third-order valence-corrected chi connectivity index (χ3v) is 2.79. The van der Waals surface area contributed by atoms with Crippen LogP contribution in [-0.4, -0.2) is 17.0 Å². The second-order valence-corrected chi connectivity index (χ2v) is 4.33. The topological polar surface area (TPSA) is 115 Å². The number of nitrogens with two attached hydrogens (primary N) is 1. The second-order valence-electron chi connectivity index (χ2n) is 4.33. The summed E-state index contributed by atoms with van der Waals surface area (Å²) in [4.78, 5) is 14.5. The molecular formula is C13H15N5O3. The summed E-state index contributed by atoms with van der Waals surface area (Å²) in [5, 5.41) is 13.9. The van der Waals surface area contributed by atoms with Crippen molar-refractivity contribution in [2.45, 2.75) is 6.92 Å². The summed E-state index contributed by atoms with van der Waals surface area (Å²) in [5.74, 6) is 6.37. The van der Waals surface area contributed by atoms with Crippen LogP contribution in [0.5, 0.6) is 5.75 Å². The zero-order chi connectivity index (χ0) is 15.4. The Kier molecular flexibility index (Phi) is 4.19. The monoisotopic (exact) mass is 289 g/mol. The van der Waals surface area contributed by atoms with Crippen LogP contribution in [0.3, 0.4) is 0 Å². The minimum Gasteiger partial charge on any atom is -0.495 e. The minimum absolute atomic E-state index is 0.118. The number of hydrogen-bond donors (Lipinski definition) is 3. The molecule has 0 saturated heterocycles. The van der Waals surface area contributed by atoms with E-state index in [1.54, 1.807) is 13.2 Å². The number of nitrogen functional groups attached to an aromatic ring is 1. The number of hydrogen-bond acceptors (Lipinski definition) is 7. The van der Waals surface area contributed by atoms with Gasteiger partial charge in [0.2, 0.25) is 0 Å². The van der Waals surface area contributed by atoms with Crippen molar-refractivity contribution in [1.29, 1.82) is 0 Å². The number of nitrogens with zero attached hydrogens (tertiary/aromatic N) is 2. The Morgan fingerprint density at radius 3 is 2.62 bits per heavy atom. The predicted octanol–water partition coefficient (Wildman–Crippen LogP) is 2.34. The number of ether oxygens (including phenoxy) is 1. The maximum Gasteiger partial charge on any atom is 0.276 e. The summed E-state index contributed by atoms with van der Waals surface area (Å²) < 4.78 is 5.24. The molecule has 0 radical (unpaired) electrons. The smallest absolute Gasteiger partial charge is 0.276 e. The van der Waals surface area contributed by atoms with Gasteiger partial charge in [-0.15, -0.1) is 0 Å². The lowest BCUT2D eigenvalue weighted by Gasteiger charge is -2.12. The van der Waals surface area contributed by atoms with Gasteiger partial charge in [0.05, 0.1) is 29.9 Å². The van der Waals surface area contributed by atoms with Crippen LogP contribution < -0.4 is 21.3 Å². The van der Waals surface area contributed by atoms with E-state index in [4.69, 9.17) is 10.6 Å². The van der Waals surface area contributed by atoms with Gasteiger partial charge in [0.15, 0.2) is 0 Å². The Labute approximate surface area is 121 Å². The van der Waals surface area contributed by atoms with Crippen LogP contribution in [-0.2, 0) is 0 Å². The SMILES string of the molecule is COc1ccc(C)cc1Nc1cc([N+](=O)[O-])cc(NN)n1. The van der Waals surface area contributed by atoms with E-state index in [1.165, 1.54) is 12.1 Å². The van der Waals surface area contributed by atoms with Gasteiger partial charge in [-0.2, -0.15) is 0 Å². The summed E-state index contributed by atoms with van der Waals surface area (Å²) in [6, 6.07) is 8.13. The molecule has 0 atom stereocenters. The quantitative estimate of drug-likeness (QED) is 0.439. The molecule has 4 N–H and O–H groups in total. The first-order valence-electron chi connectivity index (χ1n) is 6.08. The average Bonchev–Trinajstić information content (AvgIpc) is 2.47. The highest BCUT2D eigenvalue weighted by atomic mass is 16.6. The number of rotatable bonds is 5. The average molecular weight is 289 g/mol. The number of anilines is 3. The summed E-state index contributed by atoms with van der Waals surface area (Å²) in [6.07, 6.45) is 0. The Bertz CT molecular complexity index is 675. The third-order valence-electron chi connectivity index (χ3n) is 2.79. The molecule has 110 valence electrons. The summed E-state index contributed by atoms with van der Waals surface area (Å²) in [5.41, 5.74) is 3.86. The van der Waals surface area contributed by atoms with Crippen LogP contribution in [0.2, 0.25) is 0 Å². The predicted molar refractivity (Wildman–Crippen MR) is 79.7 cm³/mol. The number of aryl methyl sites for hydroxylation is 1. The van der Waals surface area contributed by atoms with Gasteiger partial charge in [-0.1, -0.05) is 6.07 Å². The molecule has 0 spiro atoms. The number of nitrogens with one attached hydrogen (secondary N) is 2. The van der Waals surface area contributed by atoms with Gasteiger partial charge in [0.25, 0.3) is 5.69 Å². The standard InChI is InChI=1S/C13H15N5O3/c1-8-3-4-11(21-2)10(5-8)15-12-6-9(18(19)20)7-13(16-12)17-14/h3-7H,14H2,1-2H3,(H2,15,16,17). The molecule has 0 unspecified atom stereocenters. The van der Waals surface area contributed by atoms with E-state index in [-0.39, 0.29) is 11.5 Å². The zero-order valence-electron chi connectivity index (χ0n) is 11.6. The van der Waals surface area contributed by atoms with Crippen molar-refractivity contribution < 1.29 is 9.66 Å². The highest BCUT2D eigenvalue weighted by Gasteiger charge is 2.12. The number of aromatic nitrogens is 1. The first-order valence-corrected chi connectivity index (χ1v) is 6.08. The molecule has 0 aliphatic carbocycles. The van der Waals surface area contributed by atoms with Crippen molar-refractivity contribution in [2.75, 3.05) is 17.9 Å². The number of methoxy groups -OCH3 is 1. The molecule has 0 saturated carbocycles. The van der Waals surface area contributed by atoms with Crippen LogP contribution in [0.15, 0.2) is 30.3 Å². The first-order chi connectivity index (χ1) is 10.0. The van der Waals surface area contributed by atoms with E-state index in [1.807, 2.05) is 19.1 Å². The van der Waals surface area contributed by atoms with Crippen LogP contribution in [0.1, 0.15) is 5.56 Å². The number of hydrazine groups is 1. The zero-order valence-corrected chi connectivity index (χ0v) is 11.6. The van der Waals surface area contributed by atoms with Gasteiger partial charge < -0.3 is 15.5 Å². The Balaban J connectivity index is 2.41. The fraction of sp³-hybridized carbons (Fsp3) is 0.154. The van der Waals surface area contributed by atoms with E-state index in [0.29, 0.717) is 17.3 Å². The van der Waals surface area contributed by atoms with Crippen LogP contribution in [0.25, 0.3) is 0 Å². The minimum atomic E-state index is -0.513. The fourth-order valence-corrected chi connectivity index (χ4v) is 1.82. The highest BCUT2D eigenvalue weighted by molar-refractivity contribution is 5.67. The summed E-state index contributed by atoms with van der Waals surface area (Å²) in [6.45, 7) is 1.93. The molecule has 8 heteroatoms. The molecule has 2 rings (SSSR count). The third kappa shape index (κ3) is 3.37. The van der Waals surface area contributed by atoms with E-state index in [0.717, 1.165) is 5.56 Å². The van der Waals surface area contributed by atoms with Crippen molar-refractivity contribution in [1.82, 2.24) is 4.98 Å². The molecule has 0 amide bonds. The summed E-state index contributed by atoms with van der Waals surface area (Å²) >= 11 is 0. The molecule has 0 aliphatic rings. The molecule has 21 heavy (non-hydrogen) atoms. The second kappa shape index (κ2) is 6.06. The van der Waals surface area contributed by atoms with E-state index in [9.17, 15) is 10.1 Å². The molecular weight excluding hydrogens is 274 g/mol. The van der Waals surface area contributed by atoms with Crippen molar-refractivity contribution in [3.63, 3.8) is 0 Å². The number of pyridine rings is 1. The largest absolute Gasteiger partial charge is 0.495 e. The molecule has 0 fully saturated rings. The lowest BCUT2D eigenvalue weighted by atomic mass is 10.2.